The summed E-state index contributed by atoms with van der Waals surface area (Å²) in [5.41, 5.74) is -0.505. The third-order valence-corrected chi connectivity index (χ3v) is 3.54. The van der Waals surface area contributed by atoms with E-state index >= 15 is 0 Å². The largest absolute Gasteiger partial charge is 0.480 e. The Hall–Kier alpha value is -1.26. The van der Waals surface area contributed by atoms with E-state index in [0.717, 1.165) is 6.42 Å². The van der Waals surface area contributed by atoms with Gasteiger partial charge in [0, 0.05) is 13.1 Å². The molecular formula is C14H26N2O3. The molecule has 0 bridgehead atoms. The van der Waals surface area contributed by atoms with Gasteiger partial charge in [-0.05, 0) is 23.7 Å². The van der Waals surface area contributed by atoms with Crippen LogP contribution in [0.1, 0.15) is 41.0 Å². The molecule has 0 radical (unpaired) electrons. The highest BCUT2D eigenvalue weighted by molar-refractivity contribution is 5.83. The van der Waals surface area contributed by atoms with Gasteiger partial charge in [-0.15, -0.1) is 0 Å². The molecule has 1 aliphatic heterocycles. The van der Waals surface area contributed by atoms with E-state index in [9.17, 15) is 14.7 Å². The molecule has 5 nitrogen and oxygen atoms in total. The molecular weight excluding hydrogens is 244 g/mol. The lowest BCUT2D eigenvalue weighted by molar-refractivity contribution is -0.142. The molecule has 19 heavy (non-hydrogen) atoms. The van der Waals surface area contributed by atoms with Gasteiger partial charge in [0.15, 0.2) is 0 Å². The maximum absolute atomic E-state index is 12.2. The van der Waals surface area contributed by atoms with Crippen molar-refractivity contribution in [2.24, 2.45) is 17.3 Å². The van der Waals surface area contributed by atoms with Gasteiger partial charge in [0.25, 0.3) is 0 Å². The summed E-state index contributed by atoms with van der Waals surface area (Å²) in [4.78, 5) is 25.2. The number of aliphatic carboxylic acids is 1. The number of rotatable bonds is 2. The van der Waals surface area contributed by atoms with Gasteiger partial charge in [-0.2, -0.15) is 0 Å². The van der Waals surface area contributed by atoms with E-state index in [1.54, 1.807) is 4.90 Å². The van der Waals surface area contributed by atoms with Crippen molar-refractivity contribution in [1.82, 2.24) is 10.2 Å². The second-order valence-corrected chi connectivity index (χ2v) is 6.94. The van der Waals surface area contributed by atoms with E-state index in [1.807, 2.05) is 20.8 Å². The van der Waals surface area contributed by atoms with E-state index in [2.05, 4.69) is 19.2 Å². The minimum atomic E-state index is -0.987. The molecule has 0 aromatic heterocycles. The lowest BCUT2D eigenvalue weighted by Crippen LogP contribution is -2.55. The Morgan fingerprint density at radius 1 is 1.21 bits per heavy atom. The van der Waals surface area contributed by atoms with Gasteiger partial charge in [0.05, 0.1) is 0 Å². The molecule has 0 aliphatic carbocycles. The van der Waals surface area contributed by atoms with Crippen LogP contribution in [0, 0.1) is 17.3 Å². The summed E-state index contributed by atoms with van der Waals surface area (Å²) in [6.45, 7) is 11.1. The first-order valence-corrected chi connectivity index (χ1v) is 6.89. The van der Waals surface area contributed by atoms with Gasteiger partial charge in [-0.3, -0.25) is 0 Å². The number of hydrogen-bond donors (Lipinski definition) is 2. The first-order chi connectivity index (χ1) is 8.61. The molecule has 1 saturated heterocycles. The number of nitrogens with zero attached hydrogens (tertiary/aromatic N) is 1. The number of carbonyl (C=O) groups is 2. The predicted octanol–water partition coefficient (Wildman–Crippen LogP) is 2.17. The van der Waals surface area contributed by atoms with Crippen molar-refractivity contribution >= 4 is 12.0 Å². The molecule has 3 atom stereocenters. The van der Waals surface area contributed by atoms with Crippen LogP contribution in [0.2, 0.25) is 0 Å². The smallest absolute Gasteiger partial charge is 0.326 e. The van der Waals surface area contributed by atoms with Crippen LogP contribution in [0.15, 0.2) is 0 Å². The number of carbonyl (C=O) groups excluding carboxylic acids is 1. The van der Waals surface area contributed by atoms with Crippen LogP contribution in [-0.2, 0) is 4.79 Å². The second-order valence-electron chi connectivity index (χ2n) is 6.94. The normalized spacial score (nSPS) is 25.8. The Labute approximate surface area is 115 Å². The minimum Gasteiger partial charge on any atom is -0.480 e. The number of amides is 2. The molecule has 2 unspecified atom stereocenters. The molecule has 0 aromatic rings. The molecule has 2 amide bonds. The van der Waals surface area contributed by atoms with Crippen molar-refractivity contribution in [3.8, 4) is 0 Å². The number of urea groups is 1. The Bertz CT molecular complexity index is 339. The summed E-state index contributed by atoms with van der Waals surface area (Å²) in [6, 6.07) is -1.13. The van der Waals surface area contributed by atoms with Crippen LogP contribution in [0.5, 0.6) is 0 Å². The van der Waals surface area contributed by atoms with E-state index in [4.69, 9.17) is 0 Å². The number of nitrogens with one attached hydrogen (secondary N) is 1. The molecule has 2 N–H and O–H groups in total. The van der Waals surface area contributed by atoms with Crippen molar-refractivity contribution in [1.29, 1.82) is 0 Å². The van der Waals surface area contributed by atoms with Gasteiger partial charge >= 0.3 is 12.0 Å². The van der Waals surface area contributed by atoms with Crippen molar-refractivity contribution in [3.05, 3.63) is 0 Å². The number of carboxylic acids is 1. The number of carboxylic acid groups (broad SMARTS) is 1. The van der Waals surface area contributed by atoms with Gasteiger partial charge < -0.3 is 15.3 Å². The standard InChI is InChI=1S/C14H26N2O3/c1-9-6-10(2)8-16(7-9)13(19)15-11(12(17)18)14(3,4)5/h9-11H,6-8H2,1-5H3,(H,15,19)(H,17,18)/t9?,10?,11-/m0/s1. The Balaban J connectivity index is 2.69. The van der Waals surface area contributed by atoms with E-state index < -0.39 is 17.4 Å². The topological polar surface area (TPSA) is 69.6 Å². The highest BCUT2D eigenvalue weighted by atomic mass is 16.4. The fourth-order valence-corrected chi connectivity index (χ4v) is 2.69. The van der Waals surface area contributed by atoms with Crippen LogP contribution >= 0.6 is 0 Å². The van der Waals surface area contributed by atoms with Crippen LogP contribution in [-0.4, -0.2) is 41.1 Å². The predicted molar refractivity (Wildman–Crippen MR) is 73.9 cm³/mol. The zero-order chi connectivity index (χ0) is 14.8. The number of piperidine rings is 1. The van der Waals surface area contributed by atoms with E-state index in [0.29, 0.717) is 24.9 Å². The lowest BCUT2D eigenvalue weighted by Gasteiger charge is -2.37. The third kappa shape index (κ3) is 4.40. The second kappa shape index (κ2) is 5.80. The van der Waals surface area contributed by atoms with Crippen molar-refractivity contribution in [2.75, 3.05) is 13.1 Å². The van der Waals surface area contributed by atoms with Crippen molar-refractivity contribution in [3.63, 3.8) is 0 Å². The van der Waals surface area contributed by atoms with Crippen LogP contribution in [0.3, 0.4) is 0 Å². The van der Waals surface area contributed by atoms with Gasteiger partial charge in [-0.25, -0.2) is 9.59 Å². The van der Waals surface area contributed by atoms with Crippen molar-refractivity contribution in [2.45, 2.75) is 47.1 Å². The molecule has 1 fully saturated rings. The average molecular weight is 270 g/mol. The molecule has 110 valence electrons. The summed E-state index contributed by atoms with van der Waals surface area (Å²) >= 11 is 0. The fraction of sp³-hybridized carbons (Fsp3) is 0.857. The fourth-order valence-electron chi connectivity index (χ4n) is 2.69. The molecule has 1 aliphatic rings. The van der Waals surface area contributed by atoms with Gasteiger partial charge in [0.1, 0.15) is 6.04 Å². The monoisotopic (exact) mass is 270 g/mol. The molecule has 1 rings (SSSR count). The molecule has 0 aromatic carbocycles. The SMILES string of the molecule is CC1CC(C)CN(C(=O)N[C@@H](C(=O)O)C(C)(C)C)C1. The van der Waals surface area contributed by atoms with E-state index in [1.165, 1.54) is 0 Å². The highest BCUT2D eigenvalue weighted by Crippen LogP contribution is 2.23. The van der Waals surface area contributed by atoms with E-state index in [-0.39, 0.29) is 6.03 Å². The summed E-state index contributed by atoms with van der Waals surface area (Å²) in [7, 11) is 0. The average Bonchev–Trinajstić information content (AvgIpc) is 2.21. The molecule has 0 spiro atoms. The molecule has 5 heteroatoms. The third-order valence-electron chi connectivity index (χ3n) is 3.54. The first kappa shape index (κ1) is 15.8. The molecule has 0 saturated carbocycles. The number of likely N-dealkylation sites (tertiary alicyclic amines) is 1. The van der Waals surface area contributed by atoms with Crippen LogP contribution < -0.4 is 5.32 Å². The lowest BCUT2D eigenvalue weighted by atomic mass is 9.87. The summed E-state index contributed by atoms with van der Waals surface area (Å²) in [5.74, 6) is -0.0567. The first-order valence-electron chi connectivity index (χ1n) is 6.89. The Morgan fingerprint density at radius 3 is 2.05 bits per heavy atom. The highest BCUT2D eigenvalue weighted by Gasteiger charge is 2.35. The van der Waals surface area contributed by atoms with Crippen molar-refractivity contribution < 1.29 is 14.7 Å². The maximum Gasteiger partial charge on any atom is 0.326 e. The maximum atomic E-state index is 12.2. The van der Waals surface area contributed by atoms with Gasteiger partial charge in [0.2, 0.25) is 0 Å². The summed E-state index contributed by atoms with van der Waals surface area (Å²) < 4.78 is 0. The zero-order valence-electron chi connectivity index (χ0n) is 12.6. The van der Waals surface area contributed by atoms with Crippen LogP contribution in [0.25, 0.3) is 0 Å². The van der Waals surface area contributed by atoms with Crippen LogP contribution in [0.4, 0.5) is 4.79 Å². The summed E-state index contributed by atoms with van der Waals surface area (Å²) in [6.07, 6.45) is 1.12. The Kier molecular flexibility index (Phi) is 4.82. The zero-order valence-corrected chi connectivity index (χ0v) is 12.6. The number of hydrogen-bond acceptors (Lipinski definition) is 2. The van der Waals surface area contributed by atoms with Gasteiger partial charge in [-0.1, -0.05) is 34.6 Å². The minimum absolute atomic E-state index is 0.263. The molecule has 1 heterocycles. The summed E-state index contributed by atoms with van der Waals surface area (Å²) in [5, 5.41) is 11.9. The quantitative estimate of drug-likeness (QED) is 0.808. The Morgan fingerprint density at radius 2 is 1.68 bits per heavy atom.